The van der Waals surface area contributed by atoms with Crippen LogP contribution in [0.2, 0.25) is 0 Å². The molecule has 84 valence electrons. The molecule has 0 fully saturated rings. The third-order valence-corrected chi connectivity index (χ3v) is 3.29. The van der Waals surface area contributed by atoms with E-state index in [1.807, 2.05) is 13.8 Å². The van der Waals surface area contributed by atoms with Crippen LogP contribution >= 0.6 is 11.8 Å². The lowest BCUT2D eigenvalue weighted by atomic mass is 9.85. The van der Waals surface area contributed by atoms with Gasteiger partial charge in [0.1, 0.15) is 5.54 Å². The molecule has 0 aliphatic carbocycles. The van der Waals surface area contributed by atoms with Gasteiger partial charge in [-0.25, -0.2) is 0 Å². The second kappa shape index (κ2) is 6.27. The number of carboxylic acids is 1. The highest BCUT2D eigenvalue weighted by atomic mass is 32.2. The van der Waals surface area contributed by atoms with Gasteiger partial charge in [0.2, 0.25) is 0 Å². The predicted molar refractivity (Wildman–Crippen MR) is 58.4 cm³/mol. The highest BCUT2D eigenvalue weighted by molar-refractivity contribution is 7.99. The van der Waals surface area contributed by atoms with Gasteiger partial charge in [0, 0.05) is 5.75 Å². The first-order valence-corrected chi connectivity index (χ1v) is 5.81. The van der Waals surface area contributed by atoms with Crippen molar-refractivity contribution in [2.45, 2.75) is 25.8 Å². The van der Waals surface area contributed by atoms with Crippen LogP contribution in [0.3, 0.4) is 0 Å². The molecule has 0 radical (unpaired) electrons. The van der Waals surface area contributed by atoms with E-state index < -0.39 is 11.5 Å². The number of nitrogens with two attached hydrogens (primary N) is 1. The van der Waals surface area contributed by atoms with E-state index >= 15 is 0 Å². The van der Waals surface area contributed by atoms with E-state index in [9.17, 15) is 4.79 Å². The Hall–Kier alpha value is -0.260. The molecule has 14 heavy (non-hydrogen) atoms. The summed E-state index contributed by atoms with van der Waals surface area (Å²) in [4.78, 5) is 10.9. The van der Waals surface area contributed by atoms with Crippen LogP contribution in [0, 0.1) is 5.92 Å². The normalized spacial score (nSPS) is 15.5. The molecule has 0 aromatic carbocycles. The zero-order valence-electron chi connectivity index (χ0n) is 8.69. The SMILES string of the molecule is CC(C)C(N)(CCSCCO)C(=O)O. The van der Waals surface area contributed by atoms with Gasteiger partial charge < -0.3 is 15.9 Å². The molecule has 0 aromatic rings. The van der Waals surface area contributed by atoms with Crippen molar-refractivity contribution in [2.75, 3.05) is 18.1 Å². The van der Waals surface area contributed by atoms with Gasteiger partial charge in [-0.15, -0.1) is 0 Å². The van der Waals surface area contributed by atoms with Crippen LogP contribution < -0.4 is 5.73 Å². The van der Waals surface area contributed by atoms with Gasteiger partial charge >= 0.3 is 5.97 Å². The van der Waals surface area contributed by atoms with E-state index in [2.05, 4.69) is 0 Å². The average Bonchev–Trinajstić information content (AvgIpc) is 2.11. The second-order valence-electron chi connectivity index (χ2n) is 3.59. The van der Waals surface area contributed by atoms with Crippen molar-refractivity contribution >= 4 is 17.7 Å². The van der Waals surface area contributed by atoms with Crippen molar-refractivity contribution < 1.29 is 15.0 Å². The number of thioether (sulfide) groups is 1. The summed E-state index contributed by atoms with van der Waals surface area (Å²) in [6.45, 7) is 3.74. The molecule has 0 bridgehead atoms. The minimum atomic E-state index is -1.14. The molecule has 0 heterocycles. The zero-order chi connectivity index (χ0) is 11.2. The fourth-order valence-electron chi connectivity index (χ4n) is 1.05. The number of aliphatic hydroxyl groups is 1. The van der Waals surface area contributed by atoms with E-state index in [1.165, 1.54) is 11.8 Å². The van der Waals surface area contributed by atoms with Gasteiger partial charge in [-0.1, -0.05) is 13.8 Å². The summed E-state index contributed by atoms with van der Waals surface area (Å²) in [7, 11) is 0. The molecule has 0 spiro atoms. The van der Waals surface area contributed by atoms with Crippen molar-refractivity contribution in [3.05, 3.63) is 0 Å². The van der Waals surface area contributed by atoms with Crippen molar-refractivity contribution in [1.82, 2.24) is 0 Å². The van der Waals surface area contributed by atoms with Gasteiger partial charge in [-0.05, 0) is 18.1 Å². The second-order valence-corrected chi connectivity index (χ2v) is 4.81. The van der Waals surface area contributed by atoms with Crippen LogP contribution in [0.25, 0.3) is 0 Å². The third-order valence-electron chi connectivity index (χ3n) is 2.32. The predicted octanol–water partition coefficient (Wildman–Crippen LogP) is 0.540. The first-order chi connectivity index (χ1) is 6.45. The molecular weight excluding hydrogens is 202 g/mol. The largest absolute Gasteiger partial charge is 0.480 e. The zero-order valence-corrected chi connectivity index (χ0v) is 9.51. The Morgan fingerprint density at radius 3 is 2.43 bits per heavy atom. The number of hydrogen-bond donors (Lipinski definition) is 3. The minimum Gasteiger partial charge on any atom is -0.480 e. The van der Waals surface area contributed by atoms with Crippen molar-refractivity contribution in [1.29, 1.82) is 0 Å². The molecule has 0 aliphatic heterocycles. The summed E-state index contributed by atoms with van der Waals surface area (Å²) in [5, 5.41) is 17.5. The molecular formula is C9H19NO3S. The Morgan fingerprint density at radius 2 is 2.07 bits per heavy atom. The molecule has 5 heteroatoms. The molecule has 1 atom stereocenters. The maximum Gasteiger partial charge on any atom is 0.323 e. The standard InChI is InChI=1S/C9H19NO3S/c1-7(2)9(10,8(12)13)3-5-14-6-4-11/h7,11H,3-6,10H2,1-2H3,(H,12,13). The van der Waals surface area contributed by atoms with Crippen LogP contribution in [-0.2, 0) is 4.79 Å². The smallest absolute Gasteiger partial charge is 0.323 e. The van der Waals surface area contributed by atoms with E-state index in [-0.39, 0.29) is 12.5 Å². The molecule has 0 aliphatic rings. The topological polar surface area (TPSA) is 83.5 Å². The lowest BCUT2D eigenvalue weighted by Crippen LogP contribution is -2.52. The number of aliphatic carboxylic acids is 1. The van der Waals surface area contributed by atoms with Crippen LogP contribution in [0.4, 0.5) is 0 Å². The fraction of sp³-hybridized carbons (Fsp3) is 0.889. The van der Waals surface area contributed by atoms with E-state index in [1.54, 1.807) is 0 Å². The fourth-order valence-corrected chi connectivity index (χ4v) is 1.87. The number of hydrogen-bond acceptors (Lipinski definition) is 4. The lowest BCUT2D eigenvalue weighted by Gasteiger charge is -2.28. The number of carbonyl (C=O) groups is 1. The summed E-state index contributed by atoms with van der Waals surface area (Å²) in [6, 6.07) is 0. The first kappa shape index (κ1) is 13.7. The van der Waals surface area contributed by atoms with Crippen LogP contribution in [0.5, 0.6) is 0 Å². The highest BCUT2D eigenvalue weighted by Gasteiger charge is 2.36. The van der Waals surface area contributed by atoms with Crippen molar-refractivity contribution in [3.63, 3.8) is 0 Å². The Kier molecular flexibility index (Phi) is 6.15. The van der Waals surface area contributed by atoms with Crippen LogP contribution in [-0.4, -0.2) is 39.8 Å². The van der Waals surface area contributed by atoms with E-state index in [0.29, 0.717) is 17.9 Å². The molecule has 1 unspecified atom stereocenters. The Bertz CT molecular complexity index is 187. The molecule has 4 N–H and O–H groups in total. The number of rotatable bonds is 7. The van der Waals surface area contributed by atoms with Crippen LogP contribution in [0.1, 0.15) is 20.3 Å². The van der Waals surface area contributed by atoms with Crippen molar-refractivity contribution in [2.24, 2.45) is 11.7 Å². The van der Waals surface area contributed by atoms with Gasteiger partial charge in [-0.3, -0.25) is 4.79 Å². The maximum absolute atomic E-state index is 10.9. The summed E-state index contributed by atoms with van der Waals surface area (Å²) in [5.41, 5.74) is 4.65. The van der Waals surface area contributed by atoms with Crippen molar-refractivity contribution in [3.8, 4) is 0 Å². The molecule has 0 saturated carbocycles. The Balaban J connectivity index is 4.05. The van der Waals surface area contributed by atoms with Gasteiger partial charge in [0.05, 0.1) is 6.61 Å². The number of aliphatic hydroxyl groups excluding tert-OH is 1. The third kappa shape index (κ3) is 3.86. The lowest BCUT2D eigenvalue weighted by molar-refractivity contribution is -0.145. The quantitative estimate of drug-likeness (QED) is 0.546. The van der Waals surface area contributed by atoms with Gasteiger partial charge in [0.15, 0.2) is 0 Å². The first-order valence-electron chi connectivity index (χ1n) is 4.66. The summed E-state index contributed by atoms with van der Waals surface area (Å²) < 4.78 is 0. The summed E-state index contributed by atoms with van der Waals surface area (Å²) in [6.07, 6.45) is 0.435. The van der Waals surface area contributed by atoms with Gasteiger partial charge in [-0.2, -0.15) is 11.8 Å². The monoisotopic (exact) mass is 221 g/mol. The number of carboxylic acid groups (broad SMARTS) is 1. The molecule has 0 aromatic heterocycles. The van der Waals surface area contributed by atoms with E-state index in [4.69, 9.17) is 15.9 Å². The Labute approximate surface area is 88.9 Å². The molecule has 0 rings (SSSR count). The molecule has 0 amide bonds. The minimum absolute atomic E-state index is 0.0882. The maximum atomic E-state index is 10.9. The van der Waals surface area contributed by atoms with E-state index in [0.717, 1.165) is 0 Å². The summed E-state index contributed by atoms with van der Waals surface area (Å²) in [5.74, 6) is 0.266. The highest BCUT2D eigenvalue weighted by Crippen LogP contribution is 2.21. The average molecular weight is 221 g/mol. The molecule has 4 nitrogen and oxygen atoms in total. The van der Waals surface area contributed by atoms with Crippen LogP contribution in [0.15, 0.2) is 0 Å². The Morgan fingerprint density at radius 1 is 1.50 bits per heavy atom. The van der Waals surface area contributed by atoms with Gasteiger partial charge in [0.25, 0.3) is 0 Å². The summed E-state index contributed by atoms with van der Waals surface area (Å²) >= 11 is 1.52. The molecule has 0 saturated heterocycles.